The zero-order chi connectivity index (χ0) is 9.80. The summed E-state index contributed by atoms with van der Waals surface area (Å²) in [6.07, 6.45) is 4.04. The predicted molar refractivity (Wildman–Crippen MR) is 53.0 cm³/mol. The molecule has 0 bridgehead atoms. The highest BCUT2D eigenvalue weighted by Gasteiger charge is 2.15. The summed E-state index contributed by atoms with van der Waals surface area (Å²) < 4.78 is 5.31. The van der Waals surface area contributed by atoms with E-state index in [0.29, 0.717) is 5.92 Å². The fourth-order valence-electron chi connectivity index (χ4n) is 1.80. The van der Waals surface area contributed by atoms with Gasteiger partial charge in [-0.05, 0) is 30.4 Å². The van der Waals surface area contributed by atoms with Crippen LogP contribution in [-0.2, 0) is 11.3 Å². The molecule has 1 aromatic rings. The Morgan fingerprint density at radius 2 is 2.14 bits per heavy atom. The summed E-state index contributed by atoms with van der Waals surface area (Å²) in [5.74, 6) is 0.587. The van der Waals surface area contributed by atoms with Crippen LogP contribution >= 0.6 is 0 Å². The molecule has 0 saturated carbocycles. The van der Waals surface area contributed by atoms with Crippen molar-refractivity contribution < 1.29 is 9.84 Å². The van der Waals surface area contributed by atoms with Gasteiger partial charge in [-0.15, -0.1) is 0 Å². The van der Waals surface area contributed by atoms with E-state index in [1.807, 2.05) is 12.3 Å². The van der Waals surface area contributed by atoms with Gasteiger partial charge in [0.1, 0.15) is 0 Å². The minimum atomic E-state index is 0.0219. The van der Waals surface area contributed by atoms with Gasteiger partial charge in [-0.3, -0.25) is 4.98 Å². The van der Waals surface area contributed by atoms with E-state index in [9.17, 15) is 0 Å². The minimum absolute atomic E-state index is 0.0219. The number of aliphatic hydroxyl groups excluding tert-OH is 1. The second-order valence-electron chi connectivity index (χ2n) is 3.63. The van der Waals surface area contributed by atoms with Gasteiger partial charge >= 0.3 is 0 Å². The van der Waals surface area contributed by atoms with E-state index in [-0.39, 0.29) is 6.61 Å². The Kier molecular flexibility index (Phi) is 3.11. The fraction of sp³-hybridized carbons (Fsp3) is 0.545. The molecular weight excluding hydrogens is 178 g/mol. The Morgan fingerprint density at radius 3 is 2.71 bits per heavy atom. The van der Waals surface area contributed by atoms with Gasteiger partial charge in [0.15, 0.2) is 0 Å². The molecule has 1 aliphatic rings. The van der Waals surface area contributed by atoms with Crippen LogP contribution in [0.15, 0.2) is 18.3 Å². The molecule has 0 spiro atoms. The Morgan fingerprint density at radius 1 is 1.36 bits per heavy atom. The van der Waals surface area contributed by atoms with E-state index >= 15 is 0 Å². The normalized spacial score (nSPS) is 18.4. The fourth-order valence-corrected chi connectivity index (χ4v) is 1.80. The van der Waals surface area contributed by atoms with Crippen molar-refractivity contribution in [3.63, 3.8) is 0 Å². The van der Waals surface area contributed by atoms with Crippen molar-refractivity contribution in [1.29, 1.82) is 0 Å². The maximum atomic E-state index is 8.86. The van der Waals surface area contributed by atoms with Gasteiger partial charge in [0.25, 0.3) is 0 Å². The standard InChI is InChI=1S/C11H15NO2/c13-8-11-2-1-10(7-12-11)9-3-5-14-6-4-9/h1-2,7,9,13H,3-6,8H2. The van der Waals surface area contributed by atoms with Crippen LogP contribution in [0.4, 0.5) is 0 Å². The van der Waals surface area contributed by atoms with Crippen molar-refractivity contribution >= 4 is 0 Å². The van der Waals surface area contributed by atoms with Gasteiger partial charge in [0.05, 0.1) is 12.3 Å². The monoisotopic (exact) mass is 193 g/mol. The maximum absolute atomic E-state index is 8.86. The first kappa shape index (κ1) is 9.62. The van der Waals surface area contributed by atoms with E-state index < -0.39 is 0 Å². The molecule has 0 aliphatic carbocycles. The largest absolute Gasteiger partial charge is 0.390 e. The number of hydrogen-bond acceptors (Lipinski definition) is 3. The van der Waals surface area contributed by atoms with Crippen molar-refractivity contribution in [2.75, 3.05) is 13.2 Å². The molecular formula is C11H15NO2. The van der Waals surface area contributed by atoms with Crippen LogP contribution in [0.5, 0.6) is 0 Å². The van der Waals surface area contributed by atoms with Gasteiger partial charge < -0.3 is 9.84 Å². The first-order valence-electron chi connectivity index (χ1n) is 5.03. The molecule has 1 aliphatic heterocycles. The molecule has 0 amide bonds. The topological polar surface area (TPSA) is 42.4 Å². The molecule has 1 saturated heterocycles. The van der Waals surface area contributed by atoms with Crippen LogP contribution in [0.3, 0.4) is 0 Å². The summed E-state index contributed by atoms with van der Waals surface area (Å²) in [6.45, 7) is 1.73. The molecule has 3 heteroatoms. The highest BCUT2D eigenvalue weighted by molar-refractivity contribution is 5.18. The number of hydrogen-bond donors (Lipinski definition) is 1. The predicted octanol–water partition coefficient (Wildman–Crippen LogP) is 1.47. The minimum Gasteiger partial charge on any atom is -0.390 e. The Bertz CT molecular complexity index is 278. The number of aliphatic hydroxyl groups is 1. The Labute approximate surface area is 83.7 Å². The smallest absolute Gasteiger partial charge is 0.0852 e. The van der Waals surface area contributed by atoms with E-state index in [4.69, 9.17) is 9.84 Å². The van der Waals surface area contributed by atoms with Crippen LogP contribution in [0, 0.1) is 0 Å². The third kappa shape index (κ3) is 2.11. The molecule has 1 aromatic heterocycles. The third-order valence-corrected chi connectivity index (χ3v) is 2.70. The first-order valence-corrected chi connectivity index (χ1v) is 5.03. The first-order chi connectivity index (χ1) is 6.90. The number of rotatable bonds is 2. The summed E-state index contributed by atoms with van der Waals surface area (Å²) in [5, 5.41) is 8.86. The zero-order valence-electron chi connectivity index (χ0n) is 8.15. The maximum Gasteiger partial charge on any atom is 0.0852 e. The summed E-state index contributed by atoms with van der Waals surface area (Å²) in [4.78, 5) is 4.18. The summed E-state index contributed by atoms with van der Waals surface area (Å²) in [6, 6.07) is 3.96. The van der Waals surface area contributed by atoms with Crippen LogP contribution < -0.4 is 0 Å². The Balaban J connectivity index is 2.07. The Hall–Kier alpha value is -0.930. The molecule has 0 atom stereocenters. The molecule has 3 nitrogen and oxygen atoms in total. The lowest BCUT2D eigenvalue weighted by Crippen LogP contribution is -2.14. The van der Waals surface area contributed by atoms with E-state index in [0.717, 1.165) is 31.7 Å². The van der Waals surface area contributed by atoms with Crippen LogP contribution in [0.1, 0.15) is 30.0 Å². The van der Waals surface area contributed by atoms with Gasteiger partial charge in [-0.1, -0.05) is 6.07 Å². The van der Waals surface area contributed by atoms with Gasteiger partial charge in [0, 0.05) is 19.4 Å². The molecule has 1 fully saturated rings. The lowest BCUT2D eigenvalue weighted by Gasteiger charge is -2.22. The summed E-state index contributed by atoms with van der Waals surface area (Å²) in [5.41, 5.74) is 2.01. The molecule has 2 heterocycles. The number of nitrogens with zero attached hydrogens (tertiary/aromatic N) is 1. The van der Waals surface area contributed by atoms with E-state index in [1.54, 1.807) is 0 Å². The molecule has 14 heavy (non-hydrogen) atoms. The molecule has 0 radical (unpaired) electrons. The second kappa shape index (κ2) is 4.53. The van der Waals surface area contributed by atoms with Gasteiger partial charge in [-0.25, -0.2) is 0 Å². The highest BCUT2D eigenvalue weighted by Crippen LogP contribution is 2.25. The average Bonchev–Trinajstić information content (AvgIpc) is 2.30. The second-order valence-corrected chi connectivity index (χ2v) is 3.63. The number of aromatic nitrogens is 1. The van der Waals surface area contributed by atoms with E-state index in [2.05, 4.69) is 11.1 Å². The molecule has 2 rings (SSSR count). The average molecular weight is 193 g/mol. The quantitative estimate of drug-likeness (QED) is 0.773. The summed E-state index contributed by atoms with van der Waals surface area (Å²) >= 11 is 0. The van der Waals surface area contributed by atoms with Crippen molar-refractivity contribution in [3.8, 4) is 0 Å². The molecule has 1 N–H and O–H groups in total. The third-order valence-electron chi connectivity index (χ3n) is 2.70. The van der Waals surface area contributed by atoms with Crippen molar-refractivity contribution in [1.82, 2.24) is 4.98 Å². The lowest BCUT2D eigenvalue weighted by atomic mass is 9.93. The van der Waals surface area contributed by atoms with Crippen LogP contribution in [0.2, 0.25) is 0 Å². The van der Waals surface area contributed by atoms with Crippen LogP contribution in [-0.4, -0.2) is 23.3 Å². The van der Waals surface area contributed by atoms with Crippen molar-refractivity contribution in [3.05, 3.63) is 29.6 Å². The van der Waals surface area contributed by atoms with E-state index in [1.165, 1.54) is 5.56 Å². The number of pyridine rings is 1. The lowest BCUT2D eigenvalue weighted by molar-refractivity contribution is 0.0852. The van der Waals surface area contributed by atoms with Gasteiger partial charge in [-0.2, -0.15) is 0 Å². The molecule has 0 aromatic carbocycles. The van der Waals surface area contributed by atoms with Gasteiger partial charge in [0.2, 0.25) is 0 Å². The molecule has 0 unspecified atom stereocenters. The van der Waals surface area contributed by atoms with Crippen molar-refractivity contribution in [2.45, 2.75) is 25.4 Å². The zero-order valence-corrected chi connectivity index (χ0v) is 8.15. The highest BCUT2D eigenvalue weighted by atomic mass is 16.5. The van der Waals surface area contributed by atoms with Crippen LogP contribution in [0.25, 0.3) is 0 Å². The van der Waals surface area contributed by atoms with Crippen molar-refractivity contribution in [2.24, 2.45) is 0 Å². The number of ether oxygens (including phenoxy) is 1. The summed E-state index contributed by atoms with van der Waals surface area (Å²) in [7, 11) is 0. The molecule has 76 valence electrons. The SMILES string of the molecule is OCc1ccc(C2CCOCC2)cn1.